The number of hydrogen-bond acceptors (Lipinski definition) is 6. The van der Waals surface area contributed by atoms with Gasteiger partial charge in [-0.05, 0) is 50.9 Å². The minimum Gasteiger partial charge on any atom is -0.483 e. The number of benzene rings is 1. The molecular weight excluding hydrogens is 412 g/mol. The van der Waals surface area contributed by atoms with Crippen molar-refractivity contribution in [2.45, 2.75) is 51.2 Å². The second kappa shape index (κ2) is 10.9. The van der Waals surface area contributed by atoms with Gasteiger partial charge in [-0.25, -0.2) is 0 Å². The number of hydrogen-bond donors (Lipinski definition) is 2. The lowest BCUT2D eigenvalue weighted by Gasteiger charge is -2.26. The summed E-state index contributed by atoms with van der Waals surface area (Å²) in [7, 11) is 2.18. The number of fused-ring (bicyclic) bond motifs is 2. The van der Waals surface area contributed by atoms with Crippen LogP contribution in [0.4, 0.5) is 5.69 Å². The molecule has 2 N–H and O–H groups in total. The van der Waals surface area contributed by atoms with Crippen molar-refractivity contribution in [3.8, 4) is 0 Å². The molecule has 0 unspecified atom stereocenters. The number of carboxylic acid groups (broad SMARTS) is 1. The SMILES string of the molecule is Cc1ccc(C(=O)N2CC[C@@H]3CC[C@H](C2)N3C)cc1NC(=O)CCn1cnnc1.O=CO. The van der Waals surface area contributed by atoms with Crippen LogP contribution in [0.15, 0.2) is 30.9 Å². The van der Waals surface area contributed by atoms with Crippen LogP contribution in [0.2, 0.25) is 0 Å². The standard InChI is InChI=1S/C21H28N6O2.CH2O2/c1-15-3-4-16(11-19(15)24-20(28)8-9-26-13-22-23-14-26)21(29)27-10-7-17-5-6-18(12-27)25(17)2;2-1-3/h3-4,11,13-14,17-18H,5-10,12H2,1-2H3,(H,24,28);1H,(H,2,3)/t17-,18+;/m0./s1. The number of likely N-dealkylation sites (tertiary alicyclic amines) is 1. The van der Waals surface area contributed by atoms with Crippen molar-refractivity contribution in [3.05, 3.63) is 42.0 Å². The molecule has 32 heavy (non-hydrogen) atoms. The van der Waals surface area contributed by atoms with Crippen LogP contribution in [-0.2, 0) is 16.1 Å². The highest BCUT2D eigenvalue weighted by atomic mass is 16.3. The van der Waals surface area contributed by atoms with E-state index in [4.69, 9.17) is 9.90 Å². The zero-order chi connectivity index (χ0) is 23.1. The Morgan fingerprint density at radius 2 is 1.88 bits per heavy atom. The first-order valence-corrected chi connectivity index (χ1v) is 10.7. The van der Waals surface area contributed by atoms with Crippen molar-refractivity contribution in [1.29, 1.82) is 0 Å². The maximum Gasteiger partial charge on any atom is 0.290 e. The fourth-order valence-electron chi connectivity index (χ4n) is 4.35. The third-order valence-corrected chi connectivity index (χ3v) is 6.26. The zero-order valence-corrected chi connectivity index (χ0v) is 18.5. The smallest absolute Gasteiger partial charge is 0.290 e. The molecule has 2 bridgehead atoms. The summed E-state index contributed by atoms with van der Waals surface area (Å²) in [6, 6.07) is 6.61. The van der Waals surface area contributed by atoms with Crippen LogP contribution in [-0.4, -0.2) is 80.2 Å². The van der Waals surface area contributed by atoms with Crippen LogP contribution < -0.4 is 5.32 Å². The van der Waals surface area contributed by atoms with Gasteiger partial charge in [0.15, 0.2) is 0 Å². The third-order valence-electron chi connectivity index (χ3n) is 6.26. The highest BCUT2D eigenvalue weighted by Gasteiger charge is 2.36. The van der Waals surface area contributed by atoms with E-state index in [9.17, 15) is 9.59 Å². The monoisotopic (exact) mass is 442 g/mol. The number of nitrogens with zero attached hydrogens (tertiary/aromatic N) is 5. The lowest BCUT2D eigenvalue weighted by molar-refractivity contribution is -0.123. The van der Waals surface area contributed by atoms with E-state index < -0.39 is 0 Å². The van der Waals surface area contributed by atoms with Gasteiger partial charge in [-0.3, -0.25) is 19.3 Å². The van der Waals surface area contributed by atoms with E-state index >= 15 is 0 Å². The van der Waals surface area contributed by atoms with Gasteiger partial charge in [-0.2, -0.15) is 0 Å². The summed E-state index contributed by atoms with van der Waals surface area (Å²) < 4.78 is 1.76. The summed E-state index contributed by atoms with van der Waals surface area (Å²) in [5, 5.41) is 17.3. The number of aryl methyl sites for hydroxylation is 2. The second-order valence-corrected chi connectivity index (χ2v) is 8.22. The van der Waals surface area contributed by atoms with Gasteiger partial charge in [-0.1, -0.05) is 6.07 Å². The highest BCUT2D eigenvalue weighted by molar-refractivity contribution is 5.97. The van der Waals surface area contributed by atoms with E-state index in [0.717, 1.165) is 31.5 Å². The molecule has 172 valence electrons. The number of amides is 2. The second-order valence-electron chi connectivity index (χ2n) is 8.22. The molecule has 2 aromatic rings. The summed E-state index contributed by atoms with van der Waals surface area (Å²) >= 11 is 0. The third kappa shape index (κ3) is 5.70. The van der Waals surface area contributed by atoms with Crippen molar-refractivity contribution in [2.24, 2.45) is 0 Å². The van der Waals surface area contributed by atoms with Crippen molar-refractivity contribution in [2.75, 3.05) is 25.5 Å². The minimum absolute atomic E-state index is 0.0472. The zero-order valence-electron chi connectivity index (χ0n) is 18.5. The van der Waals surface area contributed by atoms with E-state index in [1.165, 1.54) is 6.42 Å². The predicted molar refractivity (Wildman–Crippen MR) is 118 cm³/mol. The molecule has 0 radical (unpaired) electrons. The Morgan fingerprint density at radius 3 is 2.59 bits per heavy atom. The summed E-state index contributed by atoms with van der Waals surface area (Å²) in [5.74, 6) is -0.0500. The van der Waals surface area contributed by atoms with Gasteiger partial charge >= 0.3 is 0 Å². The van der Waals surface area contributed by atoms with Crippen LogP contribution >= 0.6 is 0 Å². The number of likely N-dealkylation sites (N-methyl/N-ethyl adjacent to an activating group) is 1. The summed E-state index contributed by atoms with van der Waals surface area (Å²) in [4.78, 5) is 38.3. The van der Waals surface area contributed by atoms with Crippen LogP contribution in [0.1, 0.15) is 41.6 Å². The van der Waals surface area contributed by atoms with Gasteiger partial charge in [-0.15, -0.1) is 10.2 Å². The van der Waals surface area contributed by atoms with Crippen LogP contribution in [0.25, 0.3) is 0 Å². The van der Waals surface area contributed by atoms with Crippen LogP contribution in [0.3, 0.4) is 0 Å². The summed E-state index contributed by atoms with van der Waals surface area (Å²) in [6.45, 7) is 3.77. The van der Waals surface area contributed by atoms with Crippen molar-refractivity contribution >= 4 is 24.0 Å². The van der Waals surface area contributed by atoms with Gasteiger partial charge in [0.05, 0.1) is 0 Å². The maximum absolute atomic E-state index is 13.1. The average Bonchev–Trinajstić information content (AvgIpc) is 3.36. The maximum atomic E-state index is 13.1. The van der Waals surface area contributed by atoms with Gasteiger partial charge in [0, 0.05) is 49.4 Å². The fourth-order valence-corrected chi connectivity index (χ4v) is 4.35. The topological polar surface area (TPSA) is 121 Å². The Bertz CT molecular complexity index is 933. The van der Waals surface area contributed by atoms with E-state index in [0.29, 0.717) is 36.3 Å². The first-order chi connectivity index (χ1) is 15.4. The molecule has 3 heterocycles. The molecule has 10 nitrogen and oxygen atoms in total. The predicted octanol–water partition coefficient (Wildman–Crippen LogP) is 1.62. The fraction of sp³-hybridized carbons (Fsp3) is 0.500. The largest absolute Gasteiger partial charge is 0.483 e. The van der Waals surface area contributed by atoms with E-state index in [1.54, 1.807) is 23.3 Å². The summed E-state index contributed by atoms with van der Waals surface area (Å²) in [6.07, 6.45) is 6.91. The molecule has 1 aromatic carbocycles. The van der Waals surface area contributed by atoms with Crippen LogP contribution in [0, 0.1) is 6.92 Å². The van der Waals surface area contributed by atoms with Gasteiger partial charge in [0.25, 0.3) is 12.4 Å². The van der Waals surface area contributed by atoms with Gasteiger partial charge < -0.3 is 19.9 Å². The molecule has 0 aliphatic carbocycles. The van der Waals surface area contributed by atoms with Crippen molar-refractivity contribution in [1.82, 2.24) is 24.6 Å². The number of carbonyl (C=O) groups is 3. The van der Waals surface area contributed by atoms with E-state index in [2.05, 4.69) is 27.5 Å². The van der Waals surface area contributed by atoms with Gasteiger partial charge in [0.2, 0.25) is 5.91 Å². The molecule has 2 atom stereocenters. The summed E-state index contributed by atoms with van der Waals surface area (Å²) in [5.41, 5.74) is 2.26. The number of carbonyl (C=O) groups excluding carboxylic acids is 2. The Kier molecular flexibility index (Phi) is 7.93. The van der Waals surface area contributed by atoms with E-state index in [-0.39, 0.29) is 18.3 Å². The molecular formula is C22H30N6O4. The van der Waals surface area contributed by atoms with Crippen molar-refractivity contribution < 1.29 is 19.5 Å². The average molecular weight is 443 g/mol. The molecule has 2 amide bonds. The molecule has 1 aromatic heterocycles. The number of aromatic nitrogens is 3. The molecule has 0 spiro atoms. The quantitative estimate of drug-likeness (QED) is 0.675. The molecule has 2 aliphatic heterocycles. The Labute approximate surface area is 187 Å². The van der Waals surface area contributed by atoms with E-state index in [1.807, 2.05) is 24.0 Å². The number of anilines is 1. The van der Waals surface area contributed by atoms with Gasteiger partial charge in [0.1, 0.15) is 12.7 Å². The lowest BCUT2D eigenvalue weighted by Crippen LogP contribution is -2.39. The minimum atomic E-state index is -0.250. The normalized spacial score (nSPS) is 20.1. The molecule has 2 fully saturated rings. The molecule has 10 heteroatoms. The number of rotatable bonds is 5. The highest BCUT2D eigenvalue weighted by Crippen LogP contribution is 2.29. The molecule has 4 rings (SSSR count). The first kappa shape index (κ1) is 23.4. The Morgan fingerprint density at radius 1 is 1.19 bits per heavy atom. The van der Waals surface area contributed by atoms with Crippen molar-refractivity contribution in [3.63, 3.8) is 0 Å². The molecule has 0 saturated carbocycles. The molecule has 2 aliphatic rings. The first-order valence-electron chi connectivity index (χ1n) is 10.7. The molecule has 2 saturated heterocycles. The number of nitrogens with one attached hydrogen (secondary N) is 1. The Balaban J connectivity index is 0.000000913. The lowest BCUT2D eigenvalue weighted by atomic mass is 10.1. The van der Waals surface area contributed by atoms with Crippen LogP contribution in [0.5, 0.6) is 0 Å². The Hall–Kier alpha value is -3.27.